The highest BCUT2D eigenvalue weighted by molar-refractivity contribution is 5.67. The molecular weight excluding hydrogens is 178 g/mol. The van der Waals surface area contributed by atoms with Crippen molar-refractivity contribution in [2.45, 2.75) is 0 Å². The third-order valence-electron chi connectivity index (χ3n) is 1.66. The van der Waals surface area contributed by atoms with Crippen LogP contribution in [0.1, 0.15) is 5.56 Å². The standard InChI is InChI=1S/C11H13NO2/c1-14-11(13)12-9-5-8-10-6-3-2-4-7-10/h2-8H,9H2,1H3,(H,12,13)/b8-5+. The van der Waals surface area contributed by atoms with Crippen LogP contribution in [0.3, 0.4) is 0 Å². The van der Waals surface area contributed by atoms with E-state index in [-0.39, 0.29) is 0 Å². The van der Waals surface area contributed by atoms with Crippen molar-refractivity contribution < 1.29 is 9.53 Å². The SMILES string of the molecule is COC(=O)NC/C=C/c1ccccc1. The molecule has 0 atom stereocenters. The Morgan fingerprint density at radius 1 is 1.43 bits per heavy atom. The molecule has 0 spiro atoms. The van der Waals surface area contributed by atoms with Crippen LogP contribution in [0, 0.1) is 0 Å². The first-order valence-electron chi connectivity index (χ1n) is 4.36. The second-order valence-corrected chi connectivity index (χ2v) is 2.69. The van der Waals surface area contributed by atoms with Gasteiger partial charge in [-0.2, -0.15) is 0 Å². The van der Waals surface area contributed by atoms with Gasteiger partial charge in [-0.05, 0) is 5.56 Å². The molecule has 14 heavy (non-hydrogen) atoms. The van der Waals surface area contributed by atoms with E-state index in [0.717, 1.165) is 5.56 Å². The fourth-order valence-electron chi connectivity index (χ4n) is 0.974. The predicted octanol–water partition coefficient (Wildman–Crippen LogP) is 2.06. The van der Waals surface area contributed by atoms with Crippen molar-refractivity contribution in [3.63, 3.8) is 0 Å². The second kappa shape index (κ2) is 5.80. The number of hydrogen-bond acceptors (Lipinski definition) is 2. The number of ether oxygens (including phenoxy) is 1. The van der Waals surface area contributed by atoms with Gasteiger partial charge < -0.3 is 10.1 Å². The van der Waals surface area contributed by atoms with Gasteiger partial charge in [0.1, 0.15) is 0 Å². The Kier molecular flexibility index (Phi) is 4.27. The molecule has 0 aliphatic carbocycles. The Balaban J connectivity index is 2.31. The predicted molar refractivity (Wildman–Crippen MR) is 55.9 cm³/mol. The molecule has 1 amide bonds. The molecule has 1 aromatic carbocycles. The van der Waals surface area contributed by atoms with Crippen LogP contribution in [-0.2, 0) is 4.74 Å². The molecular formula is C11H13NO2. The molecule has 0 bridgehead atoms. The zero-order valence-electron chi connectivity index (χ0n) is 8.07. The Morgan fingerprint density at radius 2 is 2.14 bits per heavy atom. The van der Waals surface area contributed by atoms with Crippen LogP contribution in [-0.4, -0.2) is 19.7 Å². The van der Waals surface area contributed by atoms with Crippen molar-refractivity contribution in [2.24, 2.45) is 0 Å². The zero-order chi connectivity index (χ0) is 10.2. The first-order valence-corrected chi connectivity index (χ1v) is 4.36. The fraction of sp³-hybridized carbons (Fsp3) is 0.182. The summed E-state index contributed by atoms with van der Waals surface area (Å²) in [6.45, 7) is 0.474. The number of methoxy groups -OCH3 is 1. The van der Waals surface area contributed by atoms with Gasteiger partial charge >= 0.3 is 6.09 Å². The number of benzene rings is 1. The summed E-state index contributed by atoms with van der Waals surface area (Å²) >= 11 is 0. The van der Waals surface area contributed by atoms with Crippen LogP contribution in [0.5, 0.6) is 0 Å². The molecule has 1 aromatic rings. The van der Waals surface area contributed by atoms with Crippen molar-refractivity contribution in [1.29, 1.82) is 0 Å². The highest BCUT2D eigenvalue weighted by Crippen LogP contribution is 1.99. The Hall–Kier alpha value is -1.77. The van der Waals surface area contributed by atoms with Gasteiger partial charge in [-0.25, -0.2) is 4.79 Å². The molecule has 0 fully saturated rings. The van der Waals surface area contributed by atoms with Gasteiger partial charge in [0.15, 0.2) is 0 Å². The number of rotatable bonds is 3. The summed E-state index contributed by atoms with van der Waals surface area (Å²) in [6.07, 6.45) is 3.39. The van der Waals surface area contributed by atoms with Crippen molar-refractivity contribution in [1.82, 2.24) is 5.32 Å². The third kappa shape index (κ3) is 3.76. The third-order valence-corrected chi connectivity index (χ3v) is 1.66. The molecule has 0 aliphatic rings. The lowest BCUT2D eigenvalue weighted by Crippen LogP contribution is -2.22. The van der Waals surface area contributed by atoms with E-state index in [0.29, 0.717) is 6.54 Å². The van der Waals surface area contributed by atoms with Crippen molar-refractivity contribution >= 4 is 12.2 Å². The maximum absolute atomic E-state index is 10.7. The molecule has 0 radical (unpaired) electrons. The lowest BCUT2D eigenvalue weighted by Gasteiger charge is -1.98. The van der Waals surface area contributed by atoms with Crippen molar-refractivity contribution in [3.8, 4) is 0 Å². The summed E-state index contributed by atoms with van der Waals surface area (Å²) in [6, 6.07) is 9.88. The van der Waals surface area contributed by atoms with E-state index in [2.05, 4.69) is 10.1 Å². The topological polar surface area (TPSA) is 38.3 Å². The molecule has 3 heteroatoms. The minimum absolute atomic E-state index is 0.414. The monoisotopic (exact) mass is 191 g/mol. The van der Waals surface area contributed by atoms with Gasteiger partial charge in [-0.3, -0.25) is 0 Å². The van der Waals surface area contributed by atoms with E-state index in [4.69, 9.17) is 0 Å². The van der Waals surface area contributed by atoms with Gasteiger partial charge in [-0.1, -0.05) is 42.5 Å². The van der Waals surface area contributed by atoms with Crippen molar-refractivity contribution in [2.75, 3.05) is 13.7 Å². The smallest absolute Gasteiger partial charge is 0.407 e. The maximum Gasteiger partial charge on any atom is 0.407 e. The van der Waals surface area contributed by atoms with Crippen LogP contribution in [0.2, 0.25) is 0 Å². The van der Waals surface area contributed by atoms with E-state index in [1.165, 1.54) is 7.11 Å². The number of hydrogen-bond donors (Lipinski definition) is 1. The van der Waals surface area contributed by atoms with Gasteiger partial charge in [0.05, 0.1) is 7.11 Å². The minimum Gasteiger partial charge on any atom is -0.453 e. The lowest BCUT2D eigenvalue weighted by molar-refractivity contribution is 0.172. The van der Waals surface area contributed by atoms with Crippen LogP contribution >= 0.6 is 0 Å². The molecule has 0 aromatic heterocycles. The second-order valence-electron chi connectivity index (χ2n) is 2.69. The molecule has 0 heterocycles. The van der Waals surface area contributed by atoms with Gasteiger partial charge in [0.25, 0.3) is 0 Å². The van der Waals surface area contributed by atoms with Gasteiger partial charge in [0, 0.05) is 6.54 Å². The van der Waals surface area contributed by atoms with E-state index in [1.807, 2.05) is 42.5 Å². The molecule has 1 rings (SSSR count). The highest BCUT2D eigenvalue weighted by Gasteiger charge is 1.92. The van der Waals surface area contributed by atoms with Crippen LogP contribution < -0.4 is 5.32 Å². The molecule has 0 saturated carbocycles. The number of alkyl carbamates (subject to hydrolysis) is 1. The van der Waals surface area contributed by atoms with Crippen molar-refractivity contribution in [3.05, 3.63) is 42.0 Å². The van der Waals surface area contributed by atoms with E-state index < -0.39 is 6.09 Å². The maximum atomic E-state index is 10.7. The van der Waals surface area contributed by atoms with E-state index >= 15 is 0 Å². The number of amides is 1. The Bertz CT molecular complexity index is 306. The Morgan fingerprint density at radius 3 is 2.79 bits per heavy atom. The average Bonchev–Trinajstić information content (AvgIpc) is 2.25. The normalized spacial score (nSPS) is 10.1. The van der Waals surface area contributed by atoms with Crippen LogP contribution in [0.4, 0.5) is 4.79 Å². The molecule has 1 N–H and O–H groups in total. The van der Waals surface area contributed by atoms with Crippen LogP contribution in [0.15, 0.2) is 36.4 Å². The summed E-state index contributed by atoms with van der Waals surface area (Å²) in [5, 5.41) is 2.55. The van der Waals surface area contributed by atoms with Gasteiger partial charge in [-0.15, -0.1) is 0 Å². The summed E-state index contributed by atoms with van der Waals surface area (Å²) in [7, 11) is 1.34. The molecule has 0 aliphatic heterocycles. The quantitative estimate of drug-likeness (QED) is 0.794. The number of carbonyl (C=O) groups is 1. The summed E-state index contributed by atoms with van der Waals surface area (Å²) in [5.41, 5.74) is 1.11. The highest BCUT2D eigenvalue weighted by atomic mass is 16.5. The molecule has 0 unspecified atom stereocenters. The first-order chi connectivity index (χ1) is 6.83. The largest absolute Gasteiger partial charge is 0.453 e. The Labute approximate surface area is 83.4 Å². The first kappa shape index (κ1) is 10.3. The molecule has 0 saturated heterocycles. The summed E-state index contributed by atoms with van der Waals surface area (Å²) < 4.78 is 4.42. The zero-order valence-corrected chi connectivity index (χ0v) is 8.07. The number of carbonyl (C=O) groups excluding carboxylic acids is 1. The lowest BCUT2D eigenvalue weighted by atomic mass is 10.2. The van der Waals surface area contributed by atoms with Gasteiger partial charge in [0.2, 0.25) is 0 Å². The number of nitrogens with one attached hydrogen (secondary N) is 1. The van der Waals surface area contributed by atoms with E-state index in [1.54, 1.807) is 0 Å². The minimum atomic E-state index is -0.414. The fourth-order valence-corrected chi connectivity index (χ4v) is 0.974. The van der Waals surface area contributed by atoms with Crippen LogP contribution in [0.25, 0.3) is 6.08 Å². The summed E-state index contributed by atoms with van der Waals surface area (Å²) in [5.74, 6) is 0. The molecule has 3 nitrogen and oxygen atoms in total. The molecule has 74 valence electrons. The average molecular weight is 191 g/mol. The summed E-state index contributed by atoms with van der Waals surface area (Å²) in [4.78, 5) is 10.7. The van der Waals surface area contributed by atoms with E-state index in [9.17, 15) is 4.79 Å².